The van der Waals surface area contributed by atoms with Crippen LogP contribution in [0.25, 0.3) is 20.9 Å². The number of nitrogens with one attached hydrogen (secondary N) is 4. The van der Waals surface area contributed by atoms with Gasteiger partial charge in [0.25, 0.3) is 0 Å². The van der Waals surface area contributed by atoms with Crippen LogP contribution in [0.4, 0.5) is 33.5 Å². The van der Waals surface area contributed by atoms with Crippen molar-refractivity contribution in [2.24, 2.45) is 5.73 Å². The SMILES string of the molecule is CCCNc1cc(Nc2ncc(-c3ccccc3)s2)nc(C)n1.Cc1nc(NCCN)cc(Nc2ncc(-c3ccccc3)s2)n1. The van der Waals surface area contributed by atoms with Gasteiger partial charge in [0.1, 0.15) is 34.9 Å². The first kappa shape index (κ1) is 32.4. The smallest absolute Gasteiger partial charge is 0.188 e. The molecule has 0 unspecified atom stereocenters. The molecule has 0 spiro atoms. The van der Waals surface area contributed by atoms with Gasteiger partial charge in [-0.25, -0.2) is 29.9 Å². The van der Waals surface area contributed by atoms with Gasteiger partial charge in [-0.3, -0.25) is 0 Å². The number of benzene rings is 2. The molecule has 46 heavy (non-hydrogen) atoms. The molecule has 0 aliphatic carbocycles. The first-order valence-electron chi connectivity index (χ1n) is 14.9. The molecule has 0 radical (unpaired) electrons. The molecule has 236 valence electrons. The molecule has 4 aromatic heterocycles. The molecule has 6 N–H and O–H groups in total. The predicted octanol–water partition coefficient (Wildman–Crippen LogP) is 7.50. The topological polar surface area (TPSA) is 151 Å². The molecule has 6 rings (SSSR count). The minimum atomic E-state index is 0.554. The Kier molecular flexibility index (Phi) is 11.5. The number of aryl methyl sites for hydroxylation is 2. The van der Waals surface area contributed by atoms with E-state index in [2.05, 4.69) is 82.4 Å². The van der Waals surface area contributed by atoms with Crippen molar-refractivity contribution in [2.75, 3.05) is 40.9 Å². The quantitative estimate of drug-likeness (QED) is 0.0895. The molecular formula is C33H37N11S2. The van der Waals surface area contributed by atoms with Gasteiger partial charge < -0.3 is 27.0 Å². The lowest BCUT2D eigenvalue weighted by Crippen LogP contribution is -2.14. The van der Waals surface area contributed by atoms with E-state index in [1.54, 1.807) is 22.7 Å². The van der Waals surface area contributed by atoms with Gasteiger partial charge >= 0.3 is 0 Å². The zero-order valence-corrected chi connectivity index (χ0v) is 27.6. The second-order valence-electron chi connectivity index (χ2n) is 10.1. The van der Waals surface area contributed by atoms with Gasteiger partial charge in [0, 0.05) is 44.2 Å². The fourth-order valence-corrected chi connectivity index (χ4v) is 5.91. The minimum absolute atomic E-state index is 0.554. The lowest BCUT2D eigenvalue weighted by molar-refractivity contribution is 0.955. The van der Waals surface area contributed by atoms with Crippen LogP contribution in [-0.2, 0) is 0 Å². The molecule has 4 heterocycles. The Morgan fingerprint density at radius 2 is 1.04 bits per heavy atom. The fourth-order valence-electron chi connectivity index (χ4n) is 4.25. The van der Waals surface area contributed by atoms with Crippen LogP contribution in [0.2, 0.25) is 0 Å². The number of nitrogens with zero attached hydrogens (tertiary/aromatic N) is 6. The van der Waals surface area contributed by atoms with Gasteiger partial charge in [-0.05, 0) is 31.4 Å². The van der Waals surface area contributed by atoms with E-state index in [-0.39, 0.29) is 0 Å². The Hall–Kier alpha value is -4.98. The number of anilines is 6. The second-order valence-corrected chi connectivity index (χ2v) is 12.1. The molecule has 0 aliphatic rings. The van der Waals surface area contributed by atoms with Gasteiger partial charge in [0.05, 0.1) is 9.75 Å². The van der Waals surface area contributed by atoms with Gasteiger partial charge in [-0.15, -0.1) is 0 Å². The average molecular weight is 652 g/mol. The van der Waals surface area contributed by atoms with Crippen LogP contribution in [0.3, 0.4) is 0 Å². The molecule has 0 amide bonds. The fraction of sp³-hybridized carbons (Fsp3) is 0.212. The van der Waals surface area contributed by atoms with E-state index >= 15 is 0 Å². The van der Waals surface area contributed by atoms with E-state index in [0.717, 1.165) is 61.8 Å². The van der Waals surface area contributed by atoms with Crippen LogP contribution in [0.1, 0.15) is 25.0 Å². The number of nitrogens with two attached hydrogens (primary N) is 1. The normalized spacial score (nSPS) is 10.5. The maximum Gasteiger partial charge on any atom is 0.188 e. The zero-order chi connectivity index (χ0) is 32.1. The van der Waals surface area contributed by atoms with Crippen molar-refractivity contribution in [3.8, 4) is 20.9 Å². The number of aromatic nitrogens is 6. The highest BCUT2D eigenvalue weighted by molar-refractivity contribution is 7.19. The van der Waals surface area contributed by atoms with E-state index in [0.29, 0.717) is 24.7 Å². The van der Waals surface area contributed by atoms with Crippen LogP contribution in [0, 0.1) is 13.8 Å². The van der Waals surface area contributed by atoms with Crippen LogP contribution < -0.4 is 27.0 Å². The Balaban J connectivity index is 0.000000181. The molecular weight excluding hydrogens is 615 g/mol. The Labute approximate surface area is 276 Å². The van der Waals surface area contributed by atoms with Gasteiger partial charge in [0.2, 0.25) is 0 Å². The summed E-state index contributed by atoms with van der Waals surface area (Å²) in [5, 5.41) is 14.6. The second kappa shape index (κ2) is 16.4. The molecule has 0 aliphatic heterocycles. The molecule has 0 atom stereocenters. The highest BCUT2D eigenvalue weighted by Crippen LogP contribution is 2.31. The number of hydrogen-bond donors (Lipinski definition) is 5. The van der Waals surface area contributed by atoms with Crippen LogP contribution >= 0.6 is 22.7 Å². The van der Waals surface area contributed by atoms with E-state index in [1.165, 1.54) is 5.56 Å². The van der Waals surface area contributed by atoms with E-state index < -0.39 is 0 Å². The molecule has 13 heteroatoms. The summed E-state index contributed by atoms with van der Waals surface area (Å²) in [6.45, 7) is 7.99. The van der Waals surface area contributed by atoms with Crippen molar-refractivity contribution in [3.63, 3.8) is 0 Å². The first-order chi connectivity index (χ1) is 22.5. The third kappa shape index (κ3) is 9.51. The first-order valence-corrected chi connectivity index (χ1v) is 16.6. The third-order valence-electron chi connectivity index (χ3n) is 6.28. The monoisotopic (exact) mass is 651 g/mol. The van der Waals surface area contributed by atoms with Crippen molar-refractivity contribution >= 4 is 56.2 Å². The Morgan fingerprint density at radius 3 is 1.48 bits per heavy atom. The summed E-state index contributed by atoms with van der Waals surface area (Å²) in [5.74, 6) is 4.48. The van der Waals surface area contributed by atoms with Crippen molar-refractivity contribution in [3.05, 3.63) is 96.8 Å². The van der Waals surface area contributed by atoms with E-state index in [9.17, 15) is 0 Å². The summed E-state index contributed by atoms with van der Waals surface area (Å²) in [7, 11) is 0. The summed E-state index contributed by atoms with van der Waals surface area (Å²) in [6, 6.07) is 24.2. The van der Waals surface area contributed by atoms with Crippen molar-refractivity contribution in [2.45, 2.75) is 27.2 Å². The maximum atomic E-state index is 5.50. The zero-order valence-electron chi connectivity index (χ0n) is 26.0. The molecule has 0 saturated heterocycles. The van der Waals surface area contributed by atoms with E-state index in [1.807, 2.05) is 74.8 Å². The highest BCUT2D eigenvalue weighted by Gasteiger charge is 2.09. The van der Waals surface area contributed by atoms with Crippen molar-refractivity contribution in [1.29, 1.82) is 0 Å². The summed E-state index contributed by atoms with van der Waals surface area (Å²) in [6.07, 6.45) is 4.80. The largest absolute Gasteiger partial charge is 0.370 e. The highest BCUT2D eigenvalue weighted by atomic mass is 32.1. The van der Waals surface area contributed by atoms with Crippen LogP contribution in [-0.4, -0.2) is 49.5 Å². The number of thiazole rings is 2. The summed E-state index contributed by atoms with van der Waals surface area (Å²) in [4.78, 5) is 28.6. The average Bonchev–Trinajstić information content (AvgIpc) is 3.73. The van der Waals surface area contributed by atoms with Crippen molar-refractivity contribution in [1.82, 2.24) is 29.9 Å². The Morgan fingerprint density at radius 1 is 0.609 bits per heavy atom. The molecule has 6 aromatic rings. The number of rotatable bonds is 12. The molecule has 0 saturated carbocycles. The lowest BCUT2D eigenvalue weighted by atomic mass is 10.2. The lowest BCUT2D eigenvalue weighted by Gasteiger charge is -2.08. The minimum Gasteiger partial charge on any atom is -0.370 e. The van der Waals surface area contributed by atoms with Crippen LogP contribution in [0.15, 0.2) is 85.2 Å². The summed E-state index contributed by atoms with van der Waals surface area (Å²) in [5.41, 5.74) is 7.83. The maximum absolute atomic E-state index is 5.50. The van der Waals surface area contributed by atoms with Gasteiger partial charge in [0.15, 0.2) is 10.3 Å². The van der Waals surface area contributed by atoms with Crippen LogP contribution in [0.5, 0.6) is 0 Å². The van der Waals surface area contributed by atoms with E-state index in [4.69, 9.17) is 5.73 Å². The van der Waals surface area contributed by atoms with Crippen molar-refractivity contribution < 1.29 is 0 Å². The van der Waals surface area contributed by atoms with Gasteiger partial charge in [-0.2, -0.15) is 0 Å². The molecule has 2 aromatic carbocycles. The third-order valence-corrected chi connectivity index (χ3v) is 8.20. The summed E-state index contributed by atoms with van der Waals surface area (Å²) >= 11 is 3.19. The predicted molar refractivity (Wildman–Crippen MR) is 192 cm³/mol. The molecule has 11 nitrogen and oxygen atoms in total. The van der Waals surface area contributed by atoms with Gasteiger partial charge in [-0.1, -0.05) is 90.3 Å². The molecule has 0 bridgehead atoms. The standard InChI is InChI=1S/C17H19N5S.C16H18N6S/c1-3-9-18-15-10-16(21-12(2)20-15)22-17-19-11-14(23-17)13-7-5-4-6-8-13;1-11-20-14(18-8-7-17)9-15(21-11)22-16-19-10-13(23-16)12-5-3-2-4-6-12/h4-8,10-11H,3,9H2,1-2H3,(H2,18,19,20,21,22);2-6,9-10H,7-8,17H2,1H3,(H2,18,19,20,21,22). The molecule has 0 fully saturated rings. The summed E-state index contributed by atoms with van der Waals surface area (Å²) < 4.78 is 0. The Bertz CT molecular complexity index is 1670. The number of hydrogen-bond acceptors (Lipinski definition) is 13.